The summed E-state index contributed by atoms with van der Waals surface area (Å²) in [5.41, 5.74) is 2.96. The smallest absolute Gasteiger partial charge is 0.269 e. The SMILES string of the molecule is O=[N+]([O-])c1ccc(-c2cn(Cc3ccccc3)cn2)cc1. The molecule has 1 aromatic heterocycles. The van der Waals surface area contributed by atoms with Crippen LogP contribution >= 0.6 is 0 Å². The fraction of sp³-hybridized carbons (Fsp3) is 0.0625. The second kappa shape index (κ2) is 5.58. The predicted octanol–water partition coefficient (Wildman–Crippen LogP) is 3.51. The van der Waals surface area contributed by atoms with Crippen molar-refractivity contribution in [1.29, 1.82) is 0 Å². The highest BCUT2D eigenvalue weighted by molar-refractivity contribution is 5.60. The van der Waals surface area contributed by atoms with Crippen molar-refractivity contribution in [3.63, 3.8) is 0 Å². The first-order chi connectivity index (χ1) is 10.2. The minimum Gasteiger partial charge on any atom is -0.332 e. The van der Waals surface area contributed by atoms with Gasteiger partial charge in [0.15, 0.2) is 0 Å². The van der Waals surface area contributed by atoms with E-state index in [4.69, 9.17) is 0 Å². The van der Waals surface area contributed by atoms with Gasteiger partial charge in [-0.2, -0.15) is 0 Å². The first-order valence-electron chi connectivity index (χ1n) is 6.53. The number of benzene rings is 2. The summed E-state index contributed by atoms with van der Waals surface area (Å²) in [4.78, 5) is 14.6. The molecule has 0 bridgehead atoms. The lowest BCUT2D eigenvalue weighted by Gasteiger charge is -2.01. The number of aromatic nitrogens is 2. The molecule has 0 aliphatic carbocycles. The summed E-state index contributed by atoms with van der Waals surface area (Å²) in [6.07, 6.45) is 3.71. The molecule has 0 saturated heterocycles. The molecule has 0 spiro atoms. The molecule has 3 aromatic rings. The van der Waals surface area contributed by atoms with Crippen LogP contribution in [0.1, 0.15) is 5.56 Å². The van der Waals surface area contributed by atoms with Crippen molar-refractivity contribution in [1.82, 2.24) is 9.55 Å². The number of non-ortho nitro benzene ring substituents is 1. The minimum absolute atomic E-state index is 0.0856. The summed E-state index contributed by atoms with van der Waals surface area (Å²) in [7, 11) is 0. The molecule has 0 unspecified atom stereocenters. The van der Waals surface area contributed by atoms with E-state index in [2.05, 4.69) is 17.1 Å². The maximum absolute atomic E-state index is 10.6. The summed E-state index contributed by atoms with van der Waals surface area (Å²) in [6, 6.07) is 16.5. The van der Waals surface area contributed by atoms with Crippen molar-refractivity contribution < 1.29 is 4.92 Å². The molecule has 0 radical (unpaired) electrons. The molecule has 21 heavy (non-hydrogen) atoms. The van der Waals surface area contributed by atoms with E-state index in [0.29, 0.717) is 0 Å². The van der Waals surface area contributed by atoms with Crippen molar-refractivity contribution in [2.45, 2.75) is 6.54 Å². The first-order valence-corrected chi connectivity index (χ1v) is 6.53. The van der Waals surface area contributed by atoms with E-state index >= 15 is 0 Å². The maximum atomic E-state index is 10.6. The number of imidazole rings is 1. The number of hydrogen-bond donors (Lipinski definition) is 0. The Labute approximate surface area is 121 Å². The van der Waals surface area contributed by atoms with Crippen LogP contribution in [-0.4, -0.2) is 14.5 Å². The Balaban J connectivity index is 1.80. The molecule has 0 atom stereocenters. The van der Waals surface area contributed by atoms with E-state index in [0.717, 1.165) is 17.8 Å². The Morgan fingerprint density at radius 2 is 1.76 bits per heavy atom. The second-order valence-electron chi connectivity index (χ2n) is 4.72. The van der Waals surface area contributed by atoms with Crippen LogP contribution in [0.2, 0.25) is 0 Å². The summed E-state index contributed by atoms with van der Waals surface area (Å²) >= 11 is 0. The van der Waals surface area contributed by atoms with Gasteiger partial charge in [-0.1, -0.05) is 30.3 Å². The van der Waals surface area contributed by atoms with Crippen molar-refractivity contribution in [2.24, 2.45) is 0 Å². The maximum Gasteiger partial charge on any atom is 0.269 e. The lowest BCUT2D eigenvalue weighted by Crippen LogP contribution is -1.95. The Morgan fingerprint density at radius 1 is 1.05 bits per heavy atom. The molecule has 0 saturated carbocycles. The molecular weight excluding hydrogens is 266 g/mol. The fourth-order valence-corrected chi connectivity index (χ4v) is 2.14. The van der Waals surface area contributed by atoms with Gasteiger partial charge in [0.1, 0.15) is 0 Å². The fourth-order valence-electron chi connectivity index (χ4n) is 2.14. The van der Waals surface area contributed by atoms with Gasteiger partial charge in [-0.3, -0.25) is 10.1 Å². The largest absolute Gasteiger partial charge is 0.332 e. The molecule has 0 fully saturated rings. The van der Waals surface area contributed by atoms with Crippen molar-refractivity contribution in [3.8, 4) is 11.3 Å². The summed E-state index contributed by atoms with van der Waals surface area (Å²) in [6.45, 7) is 0.751. The van der Waals surface area contributed by atoms with Crippen molar-refractivity contribution in [2.75, 3.05) is 0 Å². The van der Waals surface area contributed by atoms with Gasteiger partial charge >= 0.3 is 0 Å². The molecule has 0 aliphatic rings. The predicted molar refractivity (Wildman–Crippen MR) is 79.9 cm³/mol. The van der Waals surface area contributed by atoms with Crippen molar-refractivity contribution in [3.05, 3.63) is 82.8 Å². The standard InChI is InChI=1S/C16H13N3O2/c20-19(21)15-8-6-14(7-9-15)16-11-18(12-17-16)10-13-4-2-1-3-5-13/h1-9,11-12H,10H2. The van der Waals surface area contributed by atoms with Gasteiger partial charge in [0.2, 0.25) is 0 Å². The quantitative estimate of drug-likeness (QED) is 0.542. The zero-order chi connectivity index (χ0) is 14.7. The Hall–Kier alpha value is -2.95. The highest BCUT2D eigenvalue weighted by Gasteiger charge is 2.07. The normalized spacial score (nSPS) is 10.5. The van der Waals surface area contributed by atoms with Gasteiger partial charge in [0.05, 0.1) is 16.9 Å². The molecule has 0 aliphatic heterocycles. The van der Waals surface area contributed by atoms with Crippen LogP contribution in [0.4, 0.5) is 5.69 Å². The molecular formula is C16H13N3O2. The van der Waals surface area contributed by atoms with Gasteiger partial charge in [-0.25, -0.2) is 4.98 Å². The zero-order valence-corrected chi connectivity index (χ0v) is 11.2. The summed E-state index contributed by atoms with van der Waals surface area (Å²) in [5, 5.41) is 10.6. The van der Waals surface area contributed by atoms with Crippen LogP contribution in [0, 0.1) is 10.1 Å². The molecule has 1 heterocycles. The third-order valence-electron chi connectivity index (χ3n) is 3.22. The summed E-state index contributed by atoms with van der Waals surface area (Å²) < 4.78 is 1.99. The molecule has 0 amide bonds. The Morgan fingerprint density at radius 3 is 2.43 bits per heavy atom. The lowest BCUT2D eigenvalue weighted by molar-refractivity contribution is -0.384. The number of nitro groups is 1. The molecule has 5 nitrogen and oxygen atoms in total. The second-order valence-corrected chi connectivity index (χ2v) is 4.72. The van der Waals surface area contributed by atoms with Crippen LogP contribution in [0.15, 0.2) is 67.1 Å². The van der Waals surface area contributed by atoms with Crippen LogP contribution < -0.4 is 0 Å². The Bertz CT molecular complexity index is 749. The third kappa shape index (κ3) is 2.97. The van der Waals surface area contributed by atoms with Gasteiger partial charge < -0.3 is 4.57 Å². The number of hydrogen-bond acceptors (Lipinski definition) is 3. The lowest BCUT2D eigenvalue weighted by atomic mass is 10.1. The van der Waals surface area contributed by atoms with Crippen LogP contribution in [0.3, 0.4) is 0 Å². The Kier molecular flexibility index (Phi) is 3.47. The van der Waals surface area contributed by atoms with E-state index in [1.165, 1.54) is 17.7 Å². The topological polar surface area (TPSA) is 61.0 Å². The van der Waals surface area contributed by atoms with E-state index in [9.17, 15) is 10.1 Å². The van der Waals surface area contributed by atoms with E-state index in [1.807, 2.05) is 29.0 Å². The van der Waals surface area contributed by atoms with Crippen molar-refractivity contribution >= 4 is 5.69 Å². The number of rotatable bonds is 4. The van der Waals surface area contributed by atoms with E-state index in [-0.39, 0.29) is 5.69 Å². The highest BCUT2D eigenvalue weighted by atomic mass is 16.6. The first kappa shape index (κ1) is 13.1. The summed E-state index contributed by atoms with van der Waals surface area (Å²) in [5.74, 6) is 0. The monoisotopic (exact) mass is 279 g/mol. The minimum atomic E-state index is -0.405. The van der Waals surface area contributed by atoms with Crippen LogP contribution in [0.5, 0.6) is 0 Å². The molecule has 0 N–H and O–H groups in total. The zero-order valence-electron chi connectivity index (χ0n) is 11.2. The van der Waals surface area contributed by atoms with Gasteiger partial charge in [0, 0.05) is 30.4 Å². The van der Waals surface area contributed by atoms with Gasteiger partial charge in [-0.15, -0.1) is 0 Å². The van der Waals surface area contributed by atoms with Crippen LogP contribution in [0.25, 0.3) is 11.3 Å². The average Bonchev–Trinajstić information content (AvgIpc) is 2.97. The van der Waals surface area contributed by atoms with E-state index in [1.54, 1.807) is 18.5 Å². The van der Waals surface area contributed by atoms with Gasteiger partial charge in [0.25, 0.3) is 5.69 Å². The van der Waals surface area contributed by atoms with Crippen LogP contribution in [-0.2, 0) is 6.54 Å². The number of nitro benzene ring substituents is 1. The molecule has 5 heteroatoms. The molecule has 104 valence electrons. The number of nitrogens with zero attached hydrogens (tertiary/aromatic N) is 3. The molecule has 3 rings (SSSR count). The molecule has 2 aromatic carbocycles. The highest BCUT2D eigenvalue weighted by Crippen LogP contribution is 2.21. The van der Waals surface area contributed by atoms with Gasteiger partial charge in [-0.05, 0) is 17.7 Å². The van der Waals surface area contributed by atoms with E-state index < -0.39 is 4.92 Å². The third-order valence-corrected chi connectivity index (χ3v) is 3.22. The average molecular weight is 279 g/mol.